The molecule has 2 fully saturated rings. The van der Waals surface area contributed by atoms with Gasteiger partial charge in [0.2, 0.25) is 0 Å². The Kier molecular flexibility index (Phi) is 7.77. The average molecular weight is 787 g/mol. The van der Waals surface area contributed by atoms with Crippen molar-refractivity contribution in [2.75, 3.05) is 0 Å². The second kappa shape index (κ2) is 13.5. The molecule has 2 heterocycles. The van der Waals surface area contributed by atoms with Gasteiger partial charge in [-0.25, -0.2) is 9.97 Å². The van der Waals surface area contributed by atoms with E-state index in [4.69, 9.17) is 14.4 Å². The van der Waals surface area contributed by atoms with Gasteiger partial charge >= 0.3 is 0 Å². The van der Waals surface area contributed by atoms with E-state index in [2.05, 4.69) is 140 Å². The lowest BCUT2D eigenvalue weighted by atomic mass is 9.66. The van der Waals surface area contributed by atoms with E-state index in [9.17, 15) is 0 Å². The Bertz CT molecular complexity index is 3200. The predicted octanol–water partition coefficient (Wildman–Crippen LogP) is 15.5. The maximum absolute atomic E-state index is 6.31. The Morgan fingerprint density at radius 1 is 0.361 bits per heavy atom. The predicted molar refractivity (Wildman–Crippen MR) is 250 cm³/mol. The highest BCUT2D eigenvalue weighted by atomic mass is 16.3. The van der Waals surface area contributed by atoms with E-state index in [1.165, 1.54) is 97.6 Å². The molecule has 0 saturated heterocycles. The fourth-order valence-electron chi connectivity index (χ4n) is 12.3. The molecular formula is C58H46N2O. The highest BCUT2D eigenvalue weighted by molar-refractivity contribution is 6.06. The molecule has 0 unspecified atom stereocenters. The van der Waals surface area contributed by atoms with Crippen LogP contribution in [-0.4, -0.2) is 9.97 Å². The van der Waals surface area contributed by atoms with Crippen molar-refractivity contribution in [3.8, 4) is 67.3 Å². The molecule has 0 amide bonds. The SMILES string of the molecule is c1ccc(-c2nc(-c3ccc(-c4cccc5c4-c4cc6c(cc4C54CCCCC4)-c4ccccc4C64CCCCC4)cc3)cc(-c3ccc4c(c3)oc3ccccc34)n2)cc1. The third-order valence-electron chi connectivity index (χ3n) is 15.1. The van der Waals surface area contributed by atoms with Gasteiger partial charge in [0, 0.05) is 38.3 Å². The summed E-state index contributed by atoms with van der Waals surface area (Å²) < 4.78 is 6.31. The lowest BCUT2D eigenvalue weighted by Crippen LogP contribution is -2.29. The topological polar surface area (TPSA) is 38.9 Å². The lowest BCUT2D eigenvalue weighted by molar-refractivity contribution is 0.350. The number of furan rings is 1. The van der Waals surface area contributed by atoms with Gasteiger partial charge in [-0.1, -0.05) is 160 Å². The third kappa shape index (κ3) is 5.22. The van der Waals surface area contributed by atoms with Crippen LogP contribution in [0.1, 0.15) is 86.5 Å². The largest absolute Gasteiger partial charge is 0.456 e. The summed E-state index contributed by atoms with van der Waals surface area (Å²) in [5, 5.41) is 2.24. The van der Waals surface area contributed by atoms with Gasteiger partial charge in [0.05, 0.1) is 11.4 Å². The molecule has 0 bridgehead atoms. The van der Waals surface area contributed by atoms with E-state index < -0.39 is 0 Å². The minimum absolute atomic E-state index is 0.0712. The molecule has 0 N–H and O–H groups in total. The molecule has 0 atom stereocenters. The fourth-order valence-corrected chi connectivity index (χ4v) is 12.3. The van der Waals surface area contributed by atoms with Crippen molar-refractivity contribution in [3.05, 3.63) is 180 Å². The summed E-state index contributed by atoms with van der Waals surface area (Å²) >= 11 is 0. The number of rotatable bonds is 4. The van der Waals surface area contributed by atoms with Crippen molar-refractivity contribution in [2.45, 2.75) is 75.0 Å². The number of benzene rings is 7. The van der Waals surface area contributed by atoms with Gasteiger partial charge in [-0.2, -0.15) is 0 Å². The van der Waals surface area contributed by atoms with E-state index >= 15 is 0 Å². The van der Waals surface area contributed by atoms with Crippen LogP contribution in [0.15, 0.2) is 162 Å². The highest BCUT2D eigenvalue weighted by Crippen LogP contribution is 2.63. The number of aromatic nitrogens is 2. The summed E-state index contributed by atoms with van der Waals surface area (Å²) in [6, 6.07) is 58.3. The minimum atomic E-state index is 0.0712. The molecule has 61 heavy (non-hydrogen) atoms. The fraction of sp³-hybridized carbons (Fsp3) is 0.207. The van der Waals surface area contributed by atoms with Gasteiger partial charge in [0.1, 0.15) is 11.2 Å². The van der Waals surface area contributed by atoms with Crippen LogP contribution >= 0.6 is 0 Å². The van der Waals surface area contributed by atoms with Crippen molar-refractivity contribution in [2.24, 2.45) is 0 Å². The summed E-state index contributed by atoms with van der Waals surface area (Å²) in [4.78, 5) is 10.3. The van der Waals surface area contributed by atoms with Crippen LogP contribution in [0.2, 0.25) is 0 Å². The Morgan fingerprint density at radius 2 is 0.951 bits per heavy atom. The summed E-state index contributed by atoms with van der Waals surface area (Å²) in [6.45, 7) is 0. The molecule has 0 radical (unpaired) electrons. The molecule has 4 aliphatic carbocycles. The van der Waals surface area contributed by atoms with Crippen LogP contribution in [0.3, 0.4) is 0 Å². The zero-order chi connectivity index (χ0) is 40.1. The van der Waals surface area contributed by atoms with E-state index in [1.807, 2.05) is 18.2 Å². The molecule has 13 rings (SSSR count). The first-order valence-electron chi connectivity index (χ1n) is 22.6. The second-order valence-electron chi connectivity index (χ2n) is 18.2. The van der Waals surface area contributed by atoms with Crippen LogP contribution in [0, 0.1) is 0 Å². The molecule has 4 aliphatic rings. The van der Waals surface area contributed by atoms with Crippen molar-refractivity contribution in [1.29, 1.82) is 0 Å². The summed E-state index contributed by atoms with van der Waals surface area (Å²) in [5.74, 6) is 0.711. The Hall–Kier alpha value is -6.58. The molecule has 2 aromatic heterocycles. The number of hydrogen-bond donors (Lipinski definition) is 0. The van der Waals surface area contributed by atoms with Crippen molar-refractivity contribution in [1.82, 2.24) is 9.97 Å². The van der Waals surface area contributed by atoms with Gasteiger partial charge < -0.3 is 4.42 Å². The van der Waals surface area contributed by atoms with Gasteiger partial charge in [-0.15, -0.1) is 0 Å². The Balaban J connectivity index is 0.940. The van der Waals surface area contributed by atoms with Crippen molar-refractivity contribution >= 4 is 21.9 Å². The quantitative estimate of drug-likeness (QED) is 0.178. The summed E-state index contributed by atoms with van der Waals surface area (Å²) in [6.07, 6.45) is 12.8. The van der Waals surface area contributed by atoms with Crippen LogP contribution < -0.4 is 0 Å². The molecule has 3 nitrogen and oxygen atoms in total. The van der Waals surface area contributed by atoms with Crippen molar-refractivity contribution < 1.29 is 4.42 Å². The van der Waals surface area contributed by atoms with E-state index in [0.717, 1.165) is 50.0 Å². The van der Waals surface area contributed by atoms with Gasteiger partial charge in [-0.05, 0) is 118 Å². The maximum atomic E-state index is 6.31. The Labute approximate surface area is 357 Å². The first-order chi connectivity index (χ1) is 30.2. The first kappa shape index (κ1) is 35.2. The molecule has 3 heteroatoms. The van der Waals surface area contributed by atoms with Gasteiger partial charge in [0.15, 0.2) is 5.82 Å². The number of para-hydroxylation sites is 1. The van der Waals surface area contributed by atoms with Crippen molar-refractivity contribution in [3.63, 3.8) is 0 Å². The molecule has 7 aromatic carbocycles. The molecular weight excluding hydrogens is 741 g/mol. The smallest absolute Gasteiger partial charge is 0.160 e. The third-order valence-corrected chi connectivity index (χ3v) is 15.1. The highest BCUT2D eigenvalue weighted by Gasteiger charge is 2.49. The van der Waals surface area contributed by atoms with Crippen LogP contribution in [0.5, 0.6) is 0 Å². The van der Waals surface area contributed by atoms with Gasteiger partial charge in [0.25, 0.3) is 0 Å². The maximum Gasteiger partial charge on any atom is 0.160 e. The average Bonchev–Trinajstić information content (AvgIpc) is 3.92. The molecule has 9 aromatic rings. The summed E-state index contributed by atoms with van der Waals surface area (Å²) in [7, 11) is 0. The van der Waals surface area contributed by atoms with E-state index in [-0.39, 0.29) is 10.8 Å². The lowest BCUT2D eigenvalue weighted by Gasteiger charge is -2.37. The number of hydrogen-bond acceptors (Lipinski definition) is 3. The van der Waals surface area contributed by atoms with Gasteiger partial charge in [-0.3, -0.25) is 0 Å². The number of fused-ring (bicyclic) bond motifs is 13. The zero-order valence-electron chi connectivity index (χ0n) is 34.4. The minimum Gasteiger partial charge on any atom is -0.456 e. The Morgan fingerprint density at radius 3 is 1.75 bits per heavy atom. The monoisotopic (exact) mass is 786 g/mol. The second-order valence-corrected chi connectivity index (χ2v) is 18.2. The van der Waals surface area contributed by atoms with E-state index in [1.54, 1.807) is 22.3 Å². The normalized spacial score (nSPS) is 16.8. The molecule has 0 aliphatic heterocycles. The molecule has 2 saturated carbocycles. The van der Waals surface area contributed by atoms with E-state index in [0.29, 0.717) is 5.82 Å². The summed E-state index contributed by atoms with van der Waals surface area (Å²) in [5.41, 5.74) is 21.6. The van der Waals surface area contributed by atoms with Crippen LogP contribution in [-0.2, 0) is 10.8 Å². The zero-order valence-corrected chi connectivity index (χ0v) is 34.4. The van der Waals surface area contributed by atoms with Crippen LogP contribution in [0.25, 0.3) is 89.2 Å². The molecule has 294 valence electrons. The standard InChI is InChI=1S/C58H46N2O/c1-4-15-39(16-5-1)56-59-51(36-52(60-56)40-27-28-44-43-18-7-9-22-53(43)61-54(44)33-40)38-25-23-37(24-26-38)41-19-14-21-48-55(41)46-35-49-45(34-50(46)58(48)31-12-3-13-32-58)42-17-6-8-20-47(42)57(49)29-10-2-11-30-57/h1,4-9,14-28,33-36H,2-3,10-13,29-32H2. The molecule has 2 spiro atoms. The first-order valence-corrected chi connectivity index (χ1v) is 22.6. The number of nitrogens with zero attached hydrogens (tertiary/aromatic N) is 2. The van der Waals surface area contributed by atoms with Crippen LogP contribution in [0.4, 0.5) is 0 Å².